The zero-order chi connectivity index (χ0) is 19.4. The summed E-state index contributed by atoms with van der Waals surface area (Å²) < 4.78 is 45.1. The maximum atomic E-state index is 13.7. The largest absolute Gasteiger partial charge is 0.415 e. The van der Waals surface area contributed by atoms with Crippen molar-refractivity contribution in [3.8, 4) is 5.75 Å². The van der Waals surface area contributed by atoms with E-state index in [-0.39, 0.29) is 29.1 Å². The second-order valence-corrected chi connectivity index (χ2v) is 7.11. The SMILES string of the molecule is O=C(Oc1ccc(F)cc1)N1C[C@H](S)C[C@H]1CNCc1cc(F)ccc1F. The normalized spacial score (nSPS) is 19.3. The zero-order valence-corrected chi connectivity index (χ0v) is 15.3. The summed E-state index contributed by atoms with van der Waals surface area (Å²) in [7, 11) is 0. The number of hydrogen-bond acceptors (Lipinski definition) is 4. The maximum Gasteiger partial charge on any atom is 0.415 e. The molecule has 1 N–H and O–H groups in total. The molecule has 144 valence electrons. The standard InChI is InChI=1S/C19H19F3N2O2S/c20-13-1-4-16(5-2-13)26-19(25)24-11-17(27)8-15(24)10-23-9-12-7-14(21)3-6-18(12)22/h1-7,15,17,23,27H,8-11H2/t15-,17+/m0/s1. The lowest BCUT2D eigenvalue weighted by atomic mass is 10.2. The lowest BCUT2D eigenvalue weighted by Crippen LogP contribution is -2.43. The number of halogens is 3. The quantitative estimate of drug-likeness (QED) is 0.756. The Morgan fingerprint density at radius 1 is 1.15 bits per heavy atom. The smallest absolute Gasteiger partial charge is 0.410 e. The van der Waals surface area contributed by atoms with Gasteiger partial charge in [0.05, 0.1) is 0 Å². The fourth-order valence-electron chi connectivity index (χ4n) is 3.02. The van der Waals surface area contributed by atoms with Crippen LogP contribution in [0.25, 0.3) is 0 Å². The Morgan fingerprint density at radius 3 is 2.59 bits per heavy atom. The number of nitrogens with zero attached hydrogens (tertiary/aromatic N) is 1. The fourth-order valence-corrected chi connectivity index (χ4v) is 3.44. The number of carbonyl (C=O) groups excluding carboxylic acids is 1. The van der Waals surface area contributed by atoms with Crippen molar-refractivity contribution >= 4 is 18.7 Å². The first-order valence-corrected chi connectivity index (χ1v) is 9.01. The third kappa shape index (κ3) is 5.17. The van der Waals surface area contributed by atoms with Crippen LogP contribution in [0.4, 0.5) is 18.0 Å². The zero-order valence-electron chi connectivity index (χ0n) is 14.4. The van der Waals surface area contributed by atoms with E-state index in [0.29, 0.717) is 19.5 Å². The molecule has 0 radical (unpaired) electrons. The van der Waals surface area contributed by atoms with Crippen molar-refractivity contribution in [2.24, 2.45) is 0 Å². The number of amides is 1. The number of rotatable bonds is 5. The van der Waals surface area contributed by atoms with Gasteiger partial charge in [0.2, 0.25) is 0 Å². The summed E-state index contributed by atoms with van der Waals surface area (Å²) in [4.78, 5) is 14.0. The molecule has 0 saturated carbocycles. The van der Waals surface area contributed by atoms with E-state index in [1.165, 1.54) is 29.2 Å². The average Bonchev–Trinajstić information content (AvgIpc) is 3.01. The van der Waals surface area contributed by atoms with Crippen LogP contribution in [0.1, 0.15) is 12.0 Å². The lowest BCUT2D eigenvalue weighted by molar-refractivity contribution is 0.146. The van der Waals surface area contributed by atoms with E-state index < -0.39 is 23.5 Å². The summed E-state index contributed by atoms with van der Waals surface area (Å²) in [6.07, 6.45) is 0.0853. The van der Waals surface area contributed by atoms with Gasteiger partial charge in [-0.1, -0.05) is 0 Å². The Labute approximate surface area is 160 Å². The summed E-state index contributed by atoms with van der Waals surface area (Å²) >= 11 is 4.43. The van der Waals surface area contributed by atoms with Crippen molar-refractivity contribution in [2.45, 2.75) is 24.3 Å². The van der Waals surface area contributed by atoms with Gasteiger partial charge in [-0.15, -0.1) is 0 Å². The Kier molecular flexibility index (Phi) is 6.28. The third-order valence-electron chi connectivity index (χ3n) is 4.35. The Bertz CT molecular complexity index is 804. The molecule has 0 aromatic heterocycles. The van der Waals surface area contributed by atoms with Crippen LogP contribution in [0, 0.1) is 17.5 Å². The molecule has 0 unspecified atom stereocenters. The number of ether oxygens (including phenoxy) is 1. The Morgan fingerprint density at radius 2 is 1.85 bits per heavy atom. The maximum absolute atomic E-state index is 13.7. The van der Waals surface area contributed by atoms with Crippen molar-refractivity contribution in [3.63, 3.8) is 0 Å². The molecule has 1 heterocycles. The molecule has 2 atom stereocenters. The molecule has 0 aliphatic carbocycles. The summed E-state index contributed by atoms with van der Waals surface area (Å²) in [6.45, 7) is 0.924. The number of nitrogens with one attached hydrogen (secondary N) is 1. The second kappa shape index (κ2) is 8.67. The van der Waals surface area contributed by atoms with Crippen LogP contribution in [-0.2, 0) is 6.54 Å². The van der Waals surface area contributed by atoms with Gasteiger partial charge < -0.3 is 15.0 Å². The highest BCUT2D eigenvalue weighted by molar-refractivity contribution is 7.81. The summed E-state index contributed by atoms with van der Waals surface area (Å²) in [5, 5.41) is 3.04. The fraction of sp³-hybridized carbons (Fsp3) is 0.316. The molecule has 2 aromatic carbocycles. The summed E-state index contributed by atoms with van der Waals surface area (Å²) in [6, 6.07) is 8.26. The van der Waals surface area contributed by atoms with E-state index in [1.54, 1.807) is 0 Å². The van der Waals surface area contributed by atoms with Crippen molar-refractivity contribution < 1.29 is 22.7 Å². The minimum atomic E-state index is -0.554. The van der Waals surface area contributed by atoms with Crippen molar-refractivity contribution in [1.29, 1.82) is 0 Å². The van der Waals surface area contributed by atoms with Crippen LogP contribution in [0.3, 0.4) is 0 Å². The number of hydrogen-bond donors (Lipinski definition) is 2. The van der Waals surface area contributed by atoms with Gasteiger partial charge in [-0.2, -0.15) is 12.6 Å². The molecular weight excluding hydrogens is 377 g/mol. The lowest BCUT2D eigenvalue weighted by Gasteiger charge is -2.24. The molecule has 1 aliphatic rings. The van der Waals surface area contributed by atoms with Gasteiger partial charge in [0.15, 0.2) is 0 Å². The first kappa shape index (κ1) is 19.6. The first-order chi connectivity index (χ1) is 12.9. The van der Waals surface area contributed by atoms with Crippen molar-refractivity contribution in [1.82, 2.24) is 10.2 Å². The van der Waals surface area contributed by atoms with Crippen LogP contribution in [-0.4, -0.2) is 35.4 Å². The first-order valence-electron chi connectivity index (χ1n) is 8.49. The summed E-state index contributed by atoms with van der Waals surface area (Å²) in [5.74, 6) is -1.17. The third-order valence-corrected chi connectivity index (χ3v) is 4.72. The monoisotopic (exact) mass is 396 g/mol. The Balaban J connectivity index is 1.57. The highest BCUT2D eigenvalue weighted by Crippen LogP contribution is 2.23. The van der Waals surface area contributed by atoms with Gasteiger partial charge in [0.1, 0.15) is 23.2 Å². The van der Waals surface area contributed by atoms with Gasteiger partial charge in [-0.25, -0.2) is 18.0 Å². The Hall–Kier alpha value is -2.19. The van der Waals surface area contributed by atoms with E-state index in [2.05, 4.69) is 17.9 Å². The van der Waals surface area contributed by atoms with Crippen LogP contribution in [0.5, 0.6) is 5.75 Å². The van der Waals surface area contributed by atoms with E-state index in [1.807, 2.05) is 0 Å². The topological polar surface area (TPSA) is 41.6 Å². The van der Waals surface area contributed by atoms with Crippen molar-refractivity contribution in [3.05, 3.63) is 65.5 Å². The van der Waals surface area contributed by atoms with Crippen LogP contribution >= 0.6 is 12.6 Å². The minimum Gasteiger partial charge on any atom is -0.410 e. The molecule has 4 nitrogen and oxygen atoms in total. The highest BCUT2D eigenvalue weighted by Gasteiger charge is 2.34. The van der Waals surface area contributed by atoms with E-state index >= 15 is 0 Å². The predicted molar refractivity (Wildman–Crippen MR) is 98.4 cm³/mol. The van der Waals surface area contributed by atoms with Gasteiger partial charge in [-0.05, 0) is 48.9 Å². The molecule has 8 heteroatoms. The van der Waals surface area contributed by atoms with Crippen LogP contribution in [0.15, 0.2) is 42.5 Å². The molecule has 1 saturated heterocycles. The number of carbonyl (C=O) groups is 1. The molecule has 1 fully saturated rings. The molecule has 1 aliphatic heterocycles. The van der Waals surface area contributed by atoms with E-state index in [4.69, 9.17) is 4.74 Å². The van der Waals surface area contributed by atoms with Crippen LogP contribution < -0.4 is 10.1 Å². The van der Waals surface area contributed by atoms with Gasteiger partial charge in [-0.3, -0.25) is 0 Å². The van der Waals surface area contributed by atoms with E-state index in [9.17, 15) is 18.0 Å². The predicted octanol–water partition coefficient (Wildman–Crippen LogP) is 3.77. The molecule has 1 amide bonds. The number of likely N-dealkylation sites (tertiary alicyclic amines) is 1. The second-order valence-electron chi connectivity index (χ2n) is 6.38. The molecule has 3 rings (SSSR count). The summed E-state index contributed by atoms with van der Waals surface area (Å²) in [5.41, 5.74) is 0.218. The van der Waals surface area contributed by atoms with Gasteiger partial charge in [0.25, 0.3) is 0 Å². The average molecular weight is 396 g/mol. The molecule has 0 spiro atoms. The number of thiol groups is 1. The van der Waals surface area contributed by atoms with Gasteiger partial charge in [0, 0.05) is 36.5 Å². The minimum absolute atomic E-state index is 0.0107. The van der Waals surface area contributed by atoms with Gasteiger partial charge >= 0.3 is 6.09 Å². The molecular formula is C19H19F3N2O2S. The van der Waals surface area contributed by atoms with Crippen molar-refractivity contribution in [2.75, 3.05) is 13.1 Å². The number of benzene rings is 2. The molecule has 2 aromatic rings. The highest BCUT2D eigenvalue weighted by atomic mass is 32.1. The molecule has 0 bridgehead atoms. The van der Waals surface area contributed by atoms with Crippen LogP contribution in [0.2, 0.25) is 0 Å². The van der Waals surface area contributed by atoms with E-state index in [0.717, 1.165) is 18.2 Å². The molecule has 27 heavy (non-hydrogen) atoms.